The monoisotopic (exact) mass is 407 g/mol. The number of hydrogen-bond acceptors (Lipinski definition) is 4. The quantitative estimate of drug-likeness (QED) is 0.547. The second kappa shape index (κ2) is 6.34. The maximum absolute atomic E-state index is 9.63. The zero-order chi connectivity index (χ0) is 21.3. The van der Waals surface area contributed by atoms with Gasteiger partial charge in [-0.05, 0) is 66.0 Å². The van der Waals surface area contributed by atoms with Crippen molar-refractivity contribution in [3.05, 3.63) is 81.6 Å². The Hall–Kier alpha value is -3.32. The average molecular weight is 408 g/mol. The van der Waals surface area contributed by atoms with E-state index >= 15 is 0 Å². The topological polar surface area (TPSA) is 61.3 Å². The number of amidine groups is 1. The van der Waals surface area contributed by atoms with E-state index in [2.05, 4.69) is 44.3 Å². The molecule has 2 aromatic carbocycles. The van der Waals surface area contributed by atoms with Crippen LogP contribution in [0.15, 0.2) is 52.1 Å². The minimum Gasteiger partial charge on any atom is -0.464 e. The van der Waals surface area contributed by atoms with Gasteiger partial charge in [-0.15, -0.1) is 0 Å². The highest BCUT2D eigenvalue weighted by atomic mass is 16.3. The third-order valence-electron chi connectivity index (χ3n) is 7.37. The summed E-state index contributed by atoms with van der Waals surface area (Å²) in [6.45, 7) is 6.81. The number of hydrogen-bond donors (Lipinski definition) is 1. The molecule has 0 bridgehead atoms. The molecule has 1 aliphatic heterocycles. The summed E-state index contributed by atoms with van der Waals surface area (Å²) in [7, 11) is 0. The van der Waals surface area contributed by atoms with Gasteiger partial charge in [0.1, 0.15) is 17.6 Å². The first kappa shape index (κ1) is 18.4. The van der Waals surface area contributed by atoms with Crippen molar-refractivity contribution >= 4 is 5.84 Å². The van der Waals surface area contributed by atoms with E-state index in [0.29, 0.717) is 5.56 Å². The van der Waals surface area contributed by atoms with E-state index in [1.807, 2.05) is 30.5 Å². The molecule has 0 radical (unpaired) electrons. The Morgan fingerprint density at radius 3 is 2.81 bits per heavy atom. The molecule has 31 heavy (non-hydrogen) atoms. The van der Waals surface area contributed by atoms with Gasteiger partial charge >= 0.3 is 0 Å². The van der Waals surface area contributed by atoms with Crippen molar-refractivity contribution in [3.63, 3.8) is 0 Å². The fourth-order valence-corrected chi connectivity index (χ4v) is 5.87. The molecule has 2 heterocycles. The summed E-state index contributed by atoms with van der Waals surface area (Å²) < 4.78 is 6.11. The largest absolute Gasteiger partial charge is 0.464 e. The molecule has 0 saturated carbocycles. The number of rotatable bonds is 1. The first-order chi connectivity index (χ1) is 15.0. The predicted octanol–water partition coefficient (Wildman–Crippen LogP) is 5.89. The summed E-state index contributed by atoms with van der Waals surface area (Å²) >= 11 is 0. The second-order valence-electron chi connectivity index (χ2n) is 9.65. The van der Waals surface area contributed by atoms with Crippen LogP contribution in [0.25, 0.3) is 11.3 Å². The molecule has 4 heteroatoms. The van der Waals surface area contributed by atoms with Crippen molar-refractivity contribution in [1.29, 1.82) is 5.26 Å². The normalized spacial score (nSPS) is 22.3. The third kappa shape index (κ3) is 2.50. The minimum absolute atomic E-state index is 0.00982. The van der Waals surface area contributed by atoms with Crippen molar-refractivity contribution in [2.24, 2.45) is 4.99 Å². The van der Waals surface area contributed by atoms with Gasteiger partial charge in [0.05, 0.1) is 23.9 Å². The summed E-state index contributed by atoms with van der Waals surface area (Å²) in [6.07, 6.45) is 5.35. The third-order valence-corrected chi connectivity index (χ3v) is 7.37. The standard InChI is InChI=1S/C27H25N3O/c1-15-14-31-25-19-10-11-20-18(9-6-12-27(20,2)3)22(19)24-23(21(15)25)29-26(30-24)17-8-5-4-7-16(17)13-28/h4-5,7-8,10-11,14,23-24H,6,9,12H2,1-3H3,(H,29,30). The molecule has 0 spiro atoms. The van der Waals surface area contributed by atoms with Crippen LogP contribution in [-0.2, 0) is 11.8 Å². The van der Waals surface area contributed by atoms with E-state index in [1.54, 1.807) is 0 Å². The smallest absolute Gasteiger partial charge is 0.139 e. The number of nitriles is 1. The molecule has 154 valence electrons. The number of furan rings is 1. The molecule has 2 unspecified atom stereocenters. The molecule has 4 nitrogen and oxygen atoms in total. The Bertz CT molecular complexity index is 1300. The Balaban J connectivity index is 1.61. The van der Waals surface area contributed by atoms with E-state index < -0.39 is 0 Å². The van der Waals surface area contributed by atoms with Crippen LogP contribution >= 0.6 is 0 Å². The molecule has 0 saturated heterocycles. The van der Waals surface area contributed by atoms with Gasteiger partial charge in [-0.25, -0.2) is 0 Å². The van der Waals surface area contributed by atoms with Crippen LogP contribution in [0.3, 0.4) is 0 Å². The predicted molar refractivity (Wildman–Crippen MR) is 121 cm³/mol. The molecule has 2 atom stereocenters. The van der Waals surface area contributed by atoms with E-state index in [9.17, 15) is 5.26 Å². The van der Waals surface area contributed by atoms with E-state index in [-0.39, 0.29) is 17.5 Å². The van der Waals surface area contributed by atoms with Gasteiger partial charge < -0.3 is 9.73 Å². The number of nitrogens with one attached hydrogen (secondary N) is 1. The minimum atomic E-state index is -0.00982. The number of aryl methyl sites for hydroxylation is 1. The van der Waals surface area contributed by atoms with E-state index in [4.69, 9.17) is 9.41 Å². The van der Waals surface area contributed by atoms with Crippen LogP contribution in [0.1, 0.15) is 77.7 Å². The van der Waals surface area contributed by atoms with Crippen molar-refractivity contribution in [2.45, 2.75) is 57.5 Å². The number of aliphatic imine (C=N–C) groups is 1. The van der Waals surface area contributed by atoms with Crippen LogP contribution in [-0.4, -0.2) is 5.84 Å². The molecule has 0 fully saturated rings. The lowest BCUT2D eigenvalue weighted by atomic mass is 9.68. The lowest BCUT2D eigenvalue weighted by Gasteiger charge is -2.37. The van der Waals surface area contributed by atoms with E-state index in [0.717, 1.165) is 29.1 Å². The molecule has 2 aliphatic carbocycles. The van der Waals surface area contributed by atoms with Gasteiger partial charge in [0, 0.05) is 16.7 Å². The Labute approximate surface area is 182 Å². The van der Waals surface area contributed by atoms with Crippen LogP contribution in [0, 0.1) is 18.3 Å². The molecular weight excluding hydrogens is 382 g/mol. The summed E-state index contributed by atoms with van der Waals surface area (Å²) in [5.74, 6) is 1.77. The Kier molecular flexibility index (Phi) is 3.77. The Morgan fingerprint density at radius 2 is 1.97 bits per heavy atom. The zero-order valence-electron chi connectivity index (χ0n) is 18.1. The molecular formula is C27H25N3O. The van der Waals surface area contributed by atoms with Gasteiger partial charge in [-0.1, -0.05) is 38.1 Å². The van der Waals surface area contributed by atoms with Gasteiger partial charge in [-0.3, -0.25) is 4.99 Å². The van der Waals surface area contributed by atoms with Gasteiger partial charge in [0.2, 0.25) is 0 Å². The lowest BCUT2D eigenvalue weighted by Crippen LogP contribution is -2.30. The maximum Gasteiger partial charge on any atom is 0.139 e. The molecule has 3 aromatic rings. The fraction of sp³-hybridized carbons (Fsp3) is 0.333. The fourth-order valence-electron chi connectivity index (χ4n) is 5.87. The summed E-state index contributed by atoms with van der Waals surface area (Å²) in [5.41, 5.74) is 9.42. The maximum atomic E-state index is 9.63. The molecule has 3 aliphatic rings. The Morgan fingerprint density at radius 1 is 1.13 bits per heavy atom. The number of benzene rings is 2. The molecule has 0 amide bonds. The van der Waals surface area contributed by atoms with Crippen LogP contribution in [0.4, 0.5) is 0 Å². The number of nitrogens with zero attached hydrogens (tertiary/aromatic N) is 2. The highest BCUT2D eigenvalue weighted by Gasteiger charge is 2.44. The van der Waals surface area contributed by atoms with Gasteiger partial charge in [-0.2, -0.15) is 5.26 Å². The first-order valence-electron chi connectivity index (χ1n) is 11.1. The van der Waals surface area contributed by atoms with Crippen LogP contribution < -0.4 is 5.32 Å². The summed E-state index contributed by atoms with van der Waals surface area (Å²) in [5, 5.41) is 13.3. The lowest BCUT2D eigenvalue weighted by molar-refractivity contribution is 0.426. The van der Waals surface area contributed by atoms with Crippen molar-refractivity contribution in [3.8, 4) is 17.4 Å². The van der Waals surface area contributed by atoms with Crippen molar-refractivity contribution in [2.75, 3.05) is 0 Å². The molecule has 6 rings (SSSR count). The number of fused-ring (bicyclic) bond motifs is 8. The van der Waals surface area contributed by atoms with Gasteiger partial charge in [0.25, 0.3) is 0 Å². The highest BCUT2D eigenvalue weighted by molar-refractivity contribution is 6.03. The highest BCUT2D eigenvalue weighted by Crippen LogP contribution is 2.54. The first-order valence-corrected chi connectivity index (χ1v) is 11.1. The van der Waals surface area contributed by atoms with Gasteiger partial charge in [0.15, 0.2) is 0 Å². The SMILES string of the molecule is Cc1coc2c1C1NC(c3ccccc3C#N)=NC1c1c-2ccc2c1CCCC2(C)C. The molecule has 1 aromatic heterocycles. The summed E-state index contributed by atoms with van der Waals surface area (Å²) in [6, 6.07) is 14.6. The molecule has 1 N–H and O–H groups in total. The average Bonchev–Trinajstić information content (AvgIpc) is 3.37. The zero-order valence-corrected chi connectivity index (χ0v) is 18.1. The van der Waals surface area contributed by atoms with E-state index in [1.165, 1.54) is 40.7 Å². The van der Waals surface area contributed by atoms with Crippen molar-refractivity contribution < 1.29 is 4.42 Å². The summed E-state index contributed by atoms with van der Waals surface area (Å²) in [4.78, 5) is 5.22. The second-order valence-corrected chi connectivity index (χ2v) is 9.65. The van der Waals surface area contributed by atoms with Crippen LogP contribution in [0.5, 0.6) is 0 Å². The van der Waals surface area contributed by atoms with Crippen molar-refractivity contribution in [1.82, 2.24) is 5.32 Å². The van der Waals surface area contributed by atoms with Crippen LogP contribution in [0.2, 0.25) is 0 Å².